The minimum Gasteiger partial charge on any atom is -0.494 e. The Morgan fingerprint density at radius 3 is 2.82 bits per heavy atom. The molecule has 1 aromatic carbocycles. The van der Waals surface area contributed by atoms with Crippen molar-refractivity contribution in [3.05, 3.63) is 52.4 Å². The van der Waals surface area contributed by atoms with Gasteiger partial charge in [0.1, 0.15) is 16.9 Å². The van der Waals surface area contributed by atoms with Gasteiger partial charge in [-0.05, 0) is 36.8 Å². The van der Waals surface area contributed by atoms with Crippen LogP contribution in [0, 0.1) is 0 Å². The summed E-state index contributed by atoms with van der Waals surface area (Å²) in [6.07, 6.45) is 1.62. The second-order valence-electron chi connectivity index (χ2n) is 3.49. The highest BCUT2D eigenvalue weighted by molar-refractivity contribution is 9.10. The predicted octanol–water partition coefficient (Wildman–Crippen LogP) is 4.77. The third-order valence-electron chi connectivity index (χ3n) is 2.35. The zero-order chi connectivity index (χ0) is 12.3. The average molecular weight is 316 g/mol. The molecule has 1 unspecified atom stereocenters. The Kier molecular flexibility index (Phi) is 4.13. The summed E-state index contributed by atoms with van der Waals surface area (Å²) in [6, 6.07) is 9.45. The fourth-order valence-electron chi connectivity index (χ4n) is 1.56. The van der Waals surface area contributed by atoms with Crippen LogP contribution in [0.2, 0.25) is 0 Å². The summed E-state index contributed by atoms with van der Waals surface area (Å²) in [6.45, 7) is 2.60. The maximum atomic E-state index is 6.34. The summed E-state index contributed by atoms with van der Waals surface area (Å²) in [5.41, 5.74) is 0.963. The van der Waals surface area contributed by atoms with Crippen LogP contribution in [-0.4, -0.2) is 6.61 Å². The lowest BCUT2D eigenvalue weighted by Gasteiger charge is -2.11. The lowest BCUT2D eigenvalue weighted by Crippen LogP contribution is -1.95. The number of alkyl halides is 1. The molecule has 2 nitrogen and oxygen atoms in total. The van der Waals surface area contributed by atoms with Crippen molar-refractivity contribution in [2.45, 2.75) is 12.3 Å². The van der Waals surface area contributed by atoms with Crippen LogP contribution in [0.1, 0.15) is 23.6 Å². The van der Waals surface area contributed by atoms with Gasteiger partial charge in [-0.3, -0.25) is 0 Å². The molecule has 1 atom stereocenters. The zero-order valence-electron chi connectivity index (χ0n) is 9.32. The van der Waals surface area contributed by atoms with E-state index >= 15 is 0 Å². The number of ether oxygens (including phenoxy) is 1. The van der Waals surface area contributed by atoms with E-state index in [1.54, 1.807) is 6.26 Å². The highest BCUT2D eigenvalue weighted by Gasteiger charge is 2.16. The van der Waals surface area contributed by atoms with Crippen LogP contribution in [0.25, 0.3) is 0 Å². The van der Waals surface area contributed by atoms with Gasteiger partial charge in [-0.1, -0.05) is 22.0 Å². The number of halogens is 2. The number of furan rings is 1. The van der Waals surface area contributed by atoms with E-state index < -0.39 is 0 Å². The van der Waals surface area contributed by atoms with E-state index in [1.807, 2.05) is 37.3 Å². The van der Waals surface area contributed by atoms with Gasteiger partial charge in [-0.2, -0.15) is 0 Å². The predicted molar refractivity (Wildman–Crippen MR) is 71.7 cm³/mol. The molecule has 90 valence electrons. The van der Waals surface area contributed by atoms with E-state index in [0.29, 0.717) is 6.61 Å². The van der Waals surface area contributed by atoms with Crippen molar-refractivity contribution in [2.75, 3.05) is 6.61 Å². The molecule has 0 fully saturated rings. The number of benzene rings is 1. The van der Waals surface area contributed by atoms with Crippen LogP contribution in [-0.2, 0) is 0 Å². The standard InChI is InChI=1S/C13H12BrClO2/c1-2-16-9-5-6-10(11(14)8-9)13(15)12-4-3-7-17-12/h3-8,13H,2H2,1H3. The van der Waals surface area contributed by atoms with Crippen molar-refractivity contribution in [3.8, 4) is 5.75 Å². The largest absolute Gasteiger partial charge is 0.494 e. The average Bonchev–Trinajstić information content (AvgIpc) is 2.82. The Balaban J connectivity index is 2.27. The summed E-state index contributed by atoms with van der Waals surface area (Å²) in [5.74, 6) is 1.56. The van der Waals surface area contributed by atoms with Crippen molar-refractivity contribution in [2.24, 2.45) is 0 Å². The van der Waals surface area contributed by atoms with Crippen molar-refractivity contribution in [1.29, 1.82) is 0 Å². The van der Waals surface area contributed by atoms with E-state index in [-0.39, 0.29) is 5.38 Å². The van der Waals surface area contributed by atoms with Crippen LogP contribution >= 0.6 is 27.5 Å². The van der Waals surface area contributed by atoms with Crippen molar-refractivity contribution in [3.63, 3.8) is 0 Å². The van der Waals surface area contributed by atoms with Crippen LogP contribution in [0.15, 0.2) is 45.5 Å². The molecule has 17 heavy (non-hydrogen) atoms. The van der Waals surface area contributed by atoms with Gasteiger partial charge in [0.05, 0.1) is 12.9 Å². The molecule has 0 spiro atoms. The van der Waals surface area contributed by atoms with Gasteiger partial charge in [0.15, 0.2) is 0 Å². The van der Waals surface area contributed by atoms with Crippen LogP contribution in [0.5, 0.6) is 5.75 Å². The molecule has 1 heterocycles. The molecule has 0 saturated heterocycles. The highest BCUT2D eigenvalue weighted by atomic mass is 79.9. The van der Waals surface area contributed by atoms with Crippen LogP contribution in [0.3, 0.4) is 0 Å². The summed E-state index contributed by atoms with van der Waals surface area (Å²) in [7, 11) is 0. The fourth-order valence-corrected chi connectivity index (χ4v) is 2.59. The molecule has 0 bridgehead atoms. The first-order chi connectivity index (χ1) is 8.22. The monoisotopic (exact) mass is 314 g/mol. The molecule has 0 aliphatic heterocycles. The topological polar surface area (TPSA) is 22.4 Å². The van der Waals surface area contributed by atoms with Crippen molar-refractivity contribution >= 4 is 27.5 Å². The molecule has 0 aliphatic rings. The lowest BCUT2D eigenvalue weighted by atomic mass is 10.1. The van der Waals surface area contributed by atoms with Crippen LogP contribution in [0.4, 0.5) is 0 Å². The molecule has 0 amide bonds. The highest BCUT2D eigenvalue weighted by Crippen LogP contribution is 2.35. The minimum absolute atomic E-state index is 0.296. The minimum atomic E-state index is -0.296. The maximum absolute atomic E-state index is 6.34. The third kappa shape index (κ3) is 2.85. The Hall–Kier alpha value is -0.930. The maximum Gasteiger partial charge on any atom is 0.126 e. The van der Waals surface area contributed by atoms with Crippen molar-refractivity contribution < 1.29 is 9.15 Å². The van der Waals surface area contributed by atoms with Gasteiger partial charge in [0.25, 0.3) is 0 Å². The molecule has 0 aliphatic carbocycles. The molecule has 0 saturated carbocycles. The smallest absolute Gasteiger partial charge is 0.126 e. The molecule has 4 heteroatoms. The SMILES string of the molecule is CCOc1ccc(C(Cl)c2ccco2)c(Br)c1. The zero-order valence-corrected chi connectivity index (χ0v) is 11.7. The Bertz CT molecular complexity index is 482. The third-order valence-corrected chi connectivity index (χ3v) is 3.49. The van der Waals surface area contributed by atoms with Gasteiger partial charge < -0.3 is 9.15 Å². The van der Waals surface area contributed by atoms with E-state index in [0.717, 1.165) is 21.5 Å². The summed E-state index contributed by atoms with van der Waals surface area (Å²) >= 11 is 9.84. The van der Waals surface area contributed by atoms with E-state index in [1.165, 1.54) is 0 Å². The molecular formula is C13H12BrClO2. The van der Waals surface area contributed by atoms with Gasteiger partial charge in [-0.25, -0.2) is 0 Å². The first-order valence-electron chi connectivity index (χ1n) is 5.32. The molecule has 0 radical (unpaired) electrons. The molecular weight excluding hydrogens is 303 g/mol. The Morgan fingerprint density at radius 2 is 2.24 bits per heavy atom. The van der Waals surface area contributed by atoms with Gasteiger partial charge >= 0.3 is 0 Å². The second kappa shape index (κ2) is 5.61. The van der Waals surface area contributed by atoms with Gasteiger partial charge in [-0.15, -0.1) is 11.6 Å². The molecule has 2 rings (SSSR count). The van der Waals surface area contributed by atoms with E-state index in [2.05, 4.69) is 15.9 Å². The van der Waals surface area contributed by atoms with E-state index in [9.17, 15) is 0 Å². The molecule has 0 N–H and O–H groups in total. The Labute approximate surface area is 114 Å². The summed E-state index contributed by atoms with van der Waals surface area (Å²) < 4.78 is 11.6. The first-order valence-corrected chi connectivity index (χ1v) is 6.55. The molecule has 2 aromatic rings. The Morgan fingerprint density at radius 1 is 1.41 bits per heavy atom. The quantitative estimate of drug-likeness (QED) is 0.758. The summed E-state index contributed by atoms with van der Waals surface area (Å²) in [4.78, 5) is 0. The normalized spacial score (nSPS) is 12.4. The van der Waals surface area contributed by atoms with Crippen LogP contribution < -0.4 is 4.74 Å². The van der Waals surface area contributed by atoms with Gasteiger partial charge in [0.2, 0.25) is 0 Å². The van der Waals surface area contributed by atoms with Crippen molar-refractivity contribution in [1.82, 2.24) is 0 Å². The number of hydrogen-bond acceptors (Lipinski definition) is 2. The fraction of sp³-hybridized carbons (Fsp3) is 0.231. The summed E-state index contributed by atoms with van der Waals surface area (Å²) in [5, 5.41) is -0.296. The van der Waals surface area contributed by atoms with E-state index in [4.69, 9.17) is 20.8 Å². The second-order valence-corrected chi connectivity index (χ2v) is 4.79. The molecule has 1 aromatic heterocycles. The van der Waals surface area contributed by atoms with Gasteiger partial charge in [0, 0.05) is 4.47 Å². The number of rotatable bonds is 4. The lowest BCUT2D eigenvalue weighted by molar-refractivity contribution is 0.340. The first kappa shape index (κ1) is 12.5. The number of hydrogen-bond donors (Lipinski definition) is 0.